The van der Waals surface area contributed by atoms with Gasteiger partial charge in [-0.05, 0) is 43.4 Å². The molecule has 1 spiro atoms. The topological polar surface area (TPSA) is 131 Å². The molecule has 0 radical (unpaired) electrons. The number of hydrogen-bond acceptors (Lipinski definition) is 9. The molecule has 264 valence electrons. The molecule has 0 saturated carbocycles. The third-order valence-corrected chi connectivity index (χ3v) is 11.0. The number of likely N-dealkylation sites (tertiary alicyclic amines) is 1. The Bertz CT molecular complexity index is 2040. The van der Waals surface area contributed by atoms with Gasteiger partial charge in [0, 0.05) is 78.9 Å². The molecule has 1 aliphatic carbocycles. The van der Waals surface area contributed by atoms with Crippen molar-refractivity contribution in [3.8, 4) is 45.4 Å². The van der Waals surface area contributed by atoms with E-state index in [-0.39, 0.29) is 29.4 Å². The van der Waals surface area contributed by atoms with Crippen molar-refractivity contribution in [3.63, 3.8) is 0 Å². The maximum Gasteiger partial charge on any atom is 0.237 e. The first kappa shape index (κ1) is 33.5. The van der Waals surface area contributed by atoms with Crippen LogP contribution in [-0.2, 0) is 22.6 Å². The van der Waals surface area contributed by atoms with Crippen LogP contribution < -0.4 is 25.4 Å². The van der Waals surface area contributed by atoms with E-state index < -0.39 is 5.82 Å². The molecular formula is C38H39ClFN7O4. The molecule has 2 aromatic heterocycles. The number of rotatable bonds is 10. The molecule has 51 heavy (non-hydrogen) atoms. The monoisotopic (exact) mass is 711 g/mol. The van der Waals surface area contributed by atoms with Crippen LogP contribution >= 0.6 is 11.6 Å². The van der Waals surface area contributed by atoms with Gasteiger partial charge in [0.2, 0.25) is 23.6 Å². The molecule has 3 aliphatic heterocycles. The van der Waals surface area contributed by atoms with Gasteiger partial charge in [-0.3, -0.25) is 19.5 Å². The van der Waals surface area contributed by atoms with Gasteiger partial charge < -0.3 is 25.4 Å². The number of fused-ring (bicyclic) bond motifs is 1. The van der Waals surface area contributed by atoms with Crippen molar-refractivity contribution in [2.45, 2.75) is 62.7 Å². The first-order valence-electron chi connectivity index (χ1n) is 17.4. The summed E-state index contributed by atoms with van der Waals surface area (Å²) in [6.07, 6.45) is 6.11. The number of ether oxygens (including phenoxy) is 2. The third-order valence-electron chi connectivity index (χ3n) is 10.6. The van der Waals surface area contributed by atoms with Crippen LogP contribution in [0.15, 0.2) is 48.7 Å². The number of nitrogens with one attached hydrogen (secondary N) is 3. The second-order valence-electron chi connectivity index (χ2n) is 13.9. The normalized spacial score (nSPS) is 20.6. The molecule has 3 saturated heterocycles. The summed E-state index contributed by atoms with van der Waals surface area (Å²) in [5, 5.41) is 10.0. The quantitative estimate of drug-likeness (QED) is 0.208. The molecule has 3 fully saturated rings. The predicted molar refractivity (Wildman–Crippen MR) is 190 cm³/mol. The van der Waals surface area contributed by atoms with Crippen molar-refractivity contribution in [1.29, 1.82) is 0 Å². The van der Waals surface area contributed by atoms with Gasteiger partial charge in [0.15, 0.2) is 0 Å². The van der Waals surface area contributed by atoms with E-state index in [1.807, 2.05) is 18.2 Å². The van der Waals surface area contributed by atoms with E-state index in [1.54, 1.807) is 44.7 Å². The standard InChI is InChI=1S/C38H39ClFN7O4/c1-50-36-30(18-47-19-38(20-47)14-13-32(49)46-38)42-17-29(45-36)25-7-3-5-23(34(25)39)24-6-4-8-26(35(24)40)28-15-21-9-11-27(33(21)37(44-28)51-2)41-16-22-10-12-31(48)43-22/h3-8,15,17,22,27,41H,9-14,16,18-20H2,1-2H3,(H,43,48)(H,46,49). The van der Waals surface area contributed by atoms with Crippen LogP contribution in [0, 0.1) is 5.82 Å². The zero-order valence-electron chi connectivity index (χ0n) is 28.5. The highest BCUT2D eigenvalue weighted by Gasteiger charge is 2.47. The first-order valence-corrected chi connectivity index (χ1v) is 17.7. The average Bonchev–Trinajstić information content (AvgIpc) is 3.85. The number of pyridine rings is 1. The van der Waals surface area contributed by atoms with Crippen LogP contribution in [0.5, 0.6) is 11.8 Å². The van der Waals surface area contributed by atoms with E-state index in [1.165, 1.54) is 0 Å². The van der Waals surface area contributed by atoms with Crippen molar-refractivity contribution in [3.05, 3.63) is 76.3 Å². The van der Waals surface area contributed by atoms with E-state index in [0.717, 1.165) is 49.9 Å². The molecule has 3 N–H and O–H groups in total. The van der Waals surface area contributed by atoms with Crippen LogP contribution in [0.4, 0.5) is 4.39 Å². The number of carbonyl (C=O) groups is 2. The van der Waals surface area contributed by atoms with Crippen molar-refractivity contribution in [2.75, 3.05) is 33.9 Å². The number of methoxy groups -OCH3 is 2. The number of benzene rings is 2. The Morgan fingerprint density at radius 3 is 2.41 bits per heavy atom. The Morgan fingerprint density at radius 2 is 1.69 bits per heavy atom. The van der Waals surface area contributed by atoms with Gasteiger partial charge in [0.1, 0.15) is 11.5 Å². The molecule has 5 heterocycles. The molecule has 2 unspecified atom stereocenters. The largest absolute Gasteiger partial charge is 0.481 e. The molecular weight excluding hydrogens is 673 g/mol. The van der Waals surface area contributed by atoms with Gasteiger partial charge >= 0.3 is 0 Å². The number of amides is 2. The van der Waals surface area contributed by atoms with Crippen molar-refractivity contribution in [2.24, 2.45) is 0 Å². The number of aromatic nitrogens is 3. The van der Waals surface area contributed by atoms with Crippen LogP contribution in [0.2, 0.25) is 5.02 Å². The highest BCUT2D eigenvalue weighted by atomic mass is 35.5. The maximum atomic E-state index is 16.5. The Hall–Kier alpha value is -4.65. The Kier molecular flexibility index (Phi) is 8.85. The summed E-state index contributed by atoms with van der Waals surface area (Å²) in [6.45, 7) is 2.73. The summed E-state index contributed by atoms with van der Waals surface area (Å²) in [4.78, 5) is 39.8. The fourth-order valence-electron chi connectivity index (χ4n) is 8.04. The van der Waals surface area contributed by atoms with Crippen LogP contribution in [0.25, 0.3) is 33.6 Å². The Labute approximate surface area is 300 Å². The van der Waals surface area contributed by atoms with Crippen LogP contribution in [-0.4, -0.2) is 77.1 Å². The van der Waals surface area contributed by atoms with E-state index in [9.17, 15) is 9.59 Å². The number of aryl methyl sites for hydroxylation is 1. The SMILES string of the molecule is COc1nc(-c2cccc(-c3cccc(-c4cc5c(c(OC)n4)C(NCC4CCC(=O)N4)CC5)c3F)c2Cl)cnc1CN1CC2(CCC(=O)N2)C1. The lowest BCUT2D eigenvalue weighted by Crippen LogP contribution is -2.66. The molecule has 0 bridgehead atoms. The molecule has 4 aromatic rings. The van der Waals surface area contributed by atoms with Crippen molar-refractivity contribution < 1.29 is 23.5 Å². The zero-order valence-corrected chi connectivity index (χ0v) is 29.3. The number of hydrogen-bond donors (Lipinski definition) is 3. The van der Waals surface area contributed by atoms with Crippen LogP contribution in [0.1, 0.15) is 55.0 Å². The lowest BCUT2D eigenvalue weighted by Gasteiger charge is -2.47. The van der Waals surface area contributed by atoms with Gasteiger partial charge in [-0.1, -0.05) is 41.9 Å². The van der Waals surface area contributed by atoms with Gasteiger partial charge in [0.25, 0.3) is 0 Å². The first-order chi connectivity index (χ1) is 24.7. The molecule has 2 atom stereocenters. The Morgan fingerprint density at radius 1 is 0.941 bits per heavy atom. The van der Waals surface area contributed by atoms with Gasteiger partial charge in [-0.15, -0.1) is 0 Å². The minimum absolute atomic E-state index is 0.0338. The second-order valence-corrected chi connectivity index (χ2v) is 14.3. The lowest BCUT2D eigenvalue weighted by atomic mass is 9.88. The van der Waals surface area contributed by atoms with Gasteiger partial charge in [-0.2, -0.15) is 0 Å². The second kappa shape index (κ2) is 13.5. The van der Waals surface area contributed by atoms with Crippen molar-refractivity contribution in [1.82, 2.24) is 35.8 Å². The highest BCUT2D eigenvalue weighted by molar-refractivity contribution is 6.36. The molecule has 4 aliphatic rings. The van der Waals surface area contributed by atoms with E-state index in [4.69, 9.17) is 31.0 Å². The van der Waals surface area contributed by atoms with Gasteiger partial charge in [-0.25, -0.2) is 14.4 Å². The summed E-state index contributed by atoms with van der Waals surface area (Å²) in [6, 6.07) is 12.8. The molecule has 2 aromatic carbocycles. The zero-order chi connectivity index (χ0) is 35.3. The van der Waals surface area contributed by atoms with E-state index in [0.29, 0.717) is 82.0 Å². The fourth-order valence-corrected chi connectivity index (χ4v) is 8.36. The minimum atomic E-state index is -0.444. The average molecular weight is 712 g/mol. The van der Waals surface area contributed by atoms with E-state index in [2.05, 4.69) is 25.8 Å². The summed E-state index contributed by atoms with van der Waals surface area (Å²) >= 11 is 7.02. The minimum Gasteiger partial charge on any atom is -0.481 e. The predicted octanol–water partition coefficient (Wildman–Crippen LogP) is 5.00. The van der Waals surface area contributed by atoms with E-state index >= 15 is 4.39 Å². The third kappa shape index (κ3) is 6.30. The summed E-state index contributed by atoms with van der Waals surface area (Å²) < 4.78 is 27.9. The maximum absolute atomic E-state index is 16.5. The Balaban J connectivity index is 1.04. The number of carbonyl (C=O) groups excluding carboxylic acids is 2. The summed E-state index contributed by atoms with van der Waals surface area (Å²) in [7, 11) is 3.14. The smallest absolute Gasteiger partial charge is 0.237 e. The molecule has 8 rings (SSSR count). The summed E-state index contributed by atoms with van der Waals surface area (Å²) in [5.74, 6) is 0.607. The summed E-state index contributed by atoms with van der Waals surface area (Å²) in [5.41, 5.74) is 5.38. The fraction of sp³-hybridized carbons (Fsp3) is 0.395. The number of nitrogens with zero attached hydrogens (tertiary/aromatic N) is 4. The van der Waals surface area contributed by atoms with Crippen LogP contribution in [0.3, 0.4) is 0 Å². The van der Waals surface area contributed by atoms with Crippen molar-refractivity contribution >= 4 is 23.4 Å². The molecule has 13 heteroatoms. The molecule has 11 nitrogen and oxygen atoms in total. The molecule has 2 amide bonds. The number of halogens is 2. The lowest BCUT2D eigenvalue weighted by molar-refractivity contribution is -0.121. The van der Waals surface area contributed by atoms with Gasteiger partial charge in [0.05, 0.1) is 42.4 Å². The highest BCUT2D eigenvalue weighted by Crippen LogP contribution is 2.42.